The molecule has 2 N–H and O–H groups in total. The largest absolute Gasteiger partial charge is 0.461 e. The molecule has 0 aromatic heterocycles. The number of β-lactam (4-membered cyclic amide) rings is 1. The van der Waals surface area contributed by atoms with Crippen LogP contribution >= 0.6 is 34.4 Å². The summed E-state index contributed by atoms with van der Waals surface area (Å²) >= 11 is 3.43. The average Bonchev–Trinajstić information content (AvgIpc) is 2.85. The van der Waals surface area contributed by atoms with E-state index in [-0.39, 0.29) is 23.6 Å². The zero-order valence-corrected chi connectivity index (χ0v) is 20.0. The summed E-state index contributed by atoms with van der Waals surface area (Å²) in [6, 6.07) is 17.9. The molecular weight excluding hydrogens is 543 g/mol. The van der Waals surface area contributed by atoms with Crippen LogP contribution in [-0.4, -0.2) is 50.9 Å². The van der Waals surface area contributed by atoms with E-state index in [1.54, 1.807) is 0 Å². The summed E-state index contributed by atoms with van der Waals surface area (Å²) in [7, 11) is 0. The Hall–Kier alpha value is -2.37. The number of benzene rings is 2. The number of carbonyl (C=O) groups is 3. The second-order valence-corrected chi connectivity index (χ2v) is 9.38. The molecule has 2 aliphatic rings. The van der Waals surface area contributed by atoms with Crippen molar-refractivity contribution in [1.29, 1.82) is 0 Å². The van der Waals surface area contributed by atoms with E-state index in [9.17, 15) is 14.4 Å². The van der Waals surface area contributed by atoms with E-state index >= 15 is 0 Å². The zero-order chi connectivity index (χ0) is 22.7. The van der Waals surface area contributed by atoms with Gasteiger partial charge in [0.05, 0.1) is 5.57 Å². The molecule has 0 saturated carbocycles. The molecule has 166 valence electrons. The Labute approximate surface area is 203 Å². The highest BCUT2D eigenvalue weighted by Crippen LogP contribution is 2.41. The quantitative estimate of drug-likeness (QED) is 0.239. The molecule has 2 atom stereocenters. The molecule has 0 spiro atoms. The number of hydrogen-bond donors (Lipinski definition) is 1. The molecule has 1 saturated heterocycles. The van der Waals surface area contributed by atoms with E-state index in [0.29, 0.717) is 4.43 Å². The van der Waals surface area contributed by atoms with E-state index in [1.165, 1.54) is 16.7 Å². The Bertz CT molecular complexity index is 1010. The van der Waals surface area contributed by atoms with Crippen molar-refractivity contribution in [3.05, 3.63) is 83.1 Å². The van der Waals surface area contributed by atoms with Gasteiger partial charge in [0.25, 0.3) is 0 Å². The predicted molar refractivity (Wildman–Crippen MR) is 129 cm³/mol. The maximum atomic E-state index is 13.5. The van der Waals surface area contributed by atoms with Gasteiger partial charge in [-0.2, -0.15) is 0 Å². The maximum Gasteiger partial charge on any atom is 0.356 e. The summed E-state index contributed by atoms with van der Waals surface area (Å²) in [6.07, 6.45) is -0.706. The van der Waals surface area contributed by atoms with Crippen molar-refractivity contribution in [3.63, 3.8) is 0 Å². The Morgan fingerprint density at radius 2 is 1.66 bits per heavy atom. The summed E-state index contributed by atoms with van der Waals surface area (Å²) in [4.78, 5) is 39.9. The number of esters is 2. The second-order valence-electron chi connectivity index (χ2n) is 7.19. The Kier molecular flexibility index (Phi) is 7.17. The minimum Gasteiger partial charge on any atom is -0.461 e. The summed E-state index contributed by atoms with van der Waals surface area (Å²) in [5.41, 5.74) is 7.52. The van der Waals surface area contributed by atoms with Gasteiger partial charge in [0.15, 0.2) is 6.10 Å². The normalized spacial score (nSPS) is 20.0. The first-order chi connectivity index (χ1) is 15.5. The summed E-state index contributed by atoms with van der Waals surface area (Å²) in [5.74, 6) is -1.57. The van der Waals surface area contributed by atoms with Crippen molar-refractivity contribution >= 4 is 52.2 Å². The van der Waals surface area contributed by atoms with Gasteiger partial charge in [0.1, 0.15) is 23.7 Å². The van der Waals surface area contributed by atoms with E-state index < -0.39 is 35.4 Å². The molecule has 2 heterocycles. The van der Waals surface area contributed by atoms with Crippen LogP contribution in [0.4, 0.5) is 0 Å². The Morgan fingerprint density at radius 1 is 1.06 bits per heavy atom. The summed E-state index contributed by atoms with van der Waals surface area (Å²) in [6.45, 7) is 0.212. The molecule has 1 fully saturated rings. The van der Waals surface area contributed by atoms with Crippen LogP contribution in [-0.2, 0) is 23.9 Å². The topological polar surface area (TPSA) is 98.9 Å². The standard InChI is InChI=1S/C23H21IN2O5S/c24-11-12-30-22(28)16-13-32-21-17(25)20(27)26(21)18(16)23(29)31-19(14-7-3-1-4-8-14)15-9-5-2-6-10-15/h1-10,17,19,21H,11-13,25H2/t17?,21-/m0/s1. The molecule has 0 aliphatic carbocycles. The number of nitrogens with two attached hydrogens (primary N) is 1. The van der Waals surface area contributed by atoms with Crippen molar-refractivity contribution in [2.24, 2.45) is 5.73 Å². The lowest BCUT2D eigenvalue weighted by molar-refractivity contribution is -0.153. The van der Waals surface area contributed by atoms with Crippen LogP contribution < -0.4 is 5.73 Å². The molecule has 9 heteroatoms. The van der Waals surface area contributed by atoms with Gasteiger partial charge in [0, 0.05) is 10.2 Å². The molecule has 4 rings (SSSR count). The molecule has 32 heavy (non-hydrogen) atoms. The highest BCUT2D eigenvalue weighted by atomic mass is 127. The van der Waals surface area contributed by atoms with Crippen LogP contribution in [0.25, 0.3) is 0 Å². The van der Waals surface area contributed by atoms with E-state index in [1.807, 2.05) is 60.7 Å². The lowest BCUT2D eigenvalue weighted by atomic mass is 10.0. The molecule has 1 amide bonds. The smallest absolute Gasteiger partial charge is 0.356 e. The van der Waals surface area contributed by atoms with Gasteiger partial charge < -0.3 is 15.2 Å². The van der Waals surface area contributed by atoms with Crippen molar-refractivity contribution in [1.82, 2.24) is 4.90 Å². The number of rotatable bonds is 7. The third-order valence-electron chi connectivity index (χ3n) is 5.19. The molecule has 0 bridgehead atoms. The monoisotopic (exact) mass is 564 g/mol. The highest BCUT2D eigenvalue weighted by molar-refractivity contribution is 14.1. The first kappa shape index (κ1) is 22.8. The van der Waals surface area contributed by atoms with E-state index in [0.717, 1.165) is 11.1 Å². The number of thioether (sulfide) groups is 1. The predicted octanol–water partition coefficient (Wildman–Crippen LogP) is 2.79. The summed E-state index contributed by atoms with van der Waals surface area (Å²) < 4.78 is 11.8. The average molecular weight is 564 g/mol. The molecule has 2 aliphatic heterocycles. The molecule has 2 aromatic carbocycles. The van der Waals surface area contributed by atoms with Crippen LogP contribution in [0.3, 0.4) is 0 Å². The van der Waals surface area contributed by atoms with Gasteiger partial charge in [0.2, 0.25) is 5.91 Å². The highest BCUT2D eigenvalue weighted by Gasteiger charge is 2.53. The first-order valence-corrected chi connectivity index (χ1v) is 12.6. The van der Waals surface area contributed by atoms with Crippen molar-refractivity contribution in [3.8, 4) is 0 Å². The van der Waals surface area contributed by atoms with Crippen molar-refractivity contribution in [2.75, 3.05) is 16.8 Å². The van der Waals surface area contributed by atoms with E-state index in [2.05, 4.69) is 22.6 Å². The maximum absolute atomic E-state index is 13.5. The minimum absolute atomic E-state index is 0.0734. The first-order valence-electron chi connectivity index (χ1n) is 10.00. The Morgan fingerprint density at radius 3 is 2.22 bits per heavy atom. The van der Waals surface area contributed by atoms with Crippen molar-refractivity contribution < 1.29 is 23.9 Å². The number of fused-ring (bicyclic) bond motifs is 1. The Balaban J connectivity index is 1.70. The van der Waals surface area contributed by atoms with Crippen LogP contribution in [0.15, 0.2) is 71.9 Å². The van der Waals surface area contributed by atoms with Crippen LogP contribution in [0.5, 0.6) is 0 Å². The van der Waals surface area contributed by atoms with Gasteiger partial charge in [-0.15, -0.1) is 11.8 Å². The zero-order valence-electron chi connectivity index (χ0n) is 17.0. The number of ether oxygens (including phenoxy) is 2. The number of amides is 1. The number of carbonyl (C=O) groups excluding carboxylic acids is 3. The van der Waals surface area contributed by atoms with E-state index in [4.69, 9.17) is 15.2 Å². The second kappa shape index (κ2) is 10.1. The fourth-order valence-corrected chi connectivity index (χ4v) is 5.12. The van der Waals surface area contributed by atoms with Gasteiger partial charge in [-0.3, -0.25) is 9.69 Å². The molecule has 2 aromatic rings. The third-order valence-corrected chi connectivity index (χ3v) is 6.93. The van der Waals surface area contributed by atoms with Gasteiger partial charge in [-0.1, -0.05) is 83.3 Å². The van der Waals surface area contributed by atoms with Gasteiger partial charge in [-0.25, -0.2) is 9.59 Å². The lowest BCUT2D eigenvalue weighted by Gasteiger charge is -2.48. The van der Waals surface area contributed by atoms with Crippen LogP contribution in [0.1, 0.15) is 17.2 Å². The molecular formula is C23H21IN2O5S. The minimum atomic E-state index is -0.755. The fraction of sp³-hybridized carbons (Fsp3) is 0.261. The fourth-order valence-electron chi connectivity index (χ4n) is 3.63. The number of halogens is 1. The third kappa shape index (κ3) is 4.41. The van der Waals surface area contributed by atoms with Crippen LogP contribution in [0, 0.1) is 0 Å². The van der Waals surface area contributed by atoms with Crippen LogP contribution in [0.2, 0.25) is 0 Å². The van der Waals surface area contributed by atoms with Gasteiger partial charge in [-0.05, 0) is 11.1 Å². The molecule has 1 unspecified atom stereocenters. The van der Waals surface area contributed by atoms with Crippen molar-refractivity contribution in [2.45, 2.75) is 17.5 Å². The van der Waals surface area contributed by atoms with Gasteiger partial charge >= 0.3 is 11.9 Å². The number of nitrogens with zero attached hydrogens (tertiary/aromatic N) is 1. The number of alkyl halides is 1. The molecule has 0 radical (unpaired) electrons. The number of hydrogen-bond acceptors (Lipinski definition) is 7. The summed E-state index contributed by atoms with van der Waals surface area (Å²) in [5, 5.41) is -0.405. The lowest BCUT2D eigenvalue weighted by Crippen LogP contribution is -2.68. The SMILES string of the molecule is NC1C(=O)N2C(C(=O)OC(c3ccccc3)c3ccccc3)=C(C(=O)OCCI)CS[C@@H]12. The molecule has 7 nitrogen and oxygen atoms in total.